The molecule has 0 radical (unpaired) electrons. The molecule has 0 aromatic heterocycles. The molecule has 1 aliphatic rings. The molecule has 0 amide bonds. The Hall–Kier alpha value is -1.09. The lowest BCUT2D eigenvalue weighted by Crippen LogP contribution is -2.27. The van der Waals surface area contributed by atoms with E-state index in [2.05, 4.69) is 11.8 Å². The van der Waals surface area contributed by atoms with Gasteiger partial charge in [0.2, 0.25) is 0 Å². The minimum atomic E-state index is -0.614. The second-order valence-electron chi connectivity index (χ2n) is 5.28. The third-order valence-corrected chi connectivity index (χ3v) is 3.46. The summed E-state index contributed by atoms with van der Waals surface area (Å²) < 4.78 is 14.1. The molecule has 1 fully saturated rings. The number of hydrogen-bond acceptors (Lipinski definition) is 2. The average Bonchev–Trinajstić information content (AvgIpc) is 3.12. The van der Waals surface area contributed by atoms with Crippen LogP contribution in [0.15, 0.2) is 18.2 Å². The fraction of sp³-hybridized carbons (Fsp3) is 0.600. The predicted molar refractivity (Wildman–Crippen MR) is 72.3 cm³/mol. The lowest BCUT2D eigenvalue weighted by Gasteiger charge is -2.25. The summed E-state index contributed by atoms with van der Waals surface area (Å²) in [7, 11) is 0. The molecule has 0 bridgehead atoms. The Labute approximate surface area is 108 Å². The van der Waals surface area contributed by atoms with Crippen molar-refractivity contribution in [2.75, 3.05) is 18.0 Å². The highest BCUT2D eigenvalue weighted by atomic mass is 19.1. The summed E-state index contributed by atoms with van der Waals surface area (Å²) >= 11 is 0. The number of anilines is 1. The van der Waals surface area contributed by atoms with E-state index in [1.807, 2.05) is 6.07 Å². The Morgan fingerprint density at radius 2 is 2.17 bits per heavy atom. The van der Waals surface area contributed by atoms with Crippen molar-refractivity contribution in [3.05, 3.63) is 29.6 Å². The SMILES string of the molecule is CCCN(CC1CC1)c1ccc([C@H](C)O)cc1F. The van der Waals surface area contributed by atoms with Crippen molar-refractivity contribution in [3.8, 4) is 0 Å². The Morgan fingerprint density at radius 1 is 1.44 bits per heavy atom. The molecule has 1 aromatic carbocycles. The molecule has 1 aromatic rings. The summed E-state index contributed by atoms with van der Waals surface area (Å²) in [5.74, 6) is 0.523. The van der Waals surface area contributed by atoms with Crippen LogP contribution in [0.4, 0.5) is 10.1 Å². The first-order chi connectivity index (χ1) is 8.61. The molecule has 1 aliphatic carbocycles. The zero-order chi connectivity index (χ0) is 13.1. The quantitative estimate of drug-likeness (QED) is 0.836. The van der Waals surface area contributed by atoms with Gasteiger partial charge in [-0.3, -0.25) is 0 Å². The number of aliphatic hydroxyl groups excluding tert-OH is 1. The summed E-state index contributed by atoms with van der Waals surface area (Å²) in [6, 6.07) is 5.07. The molecule has 1 saturated carbocycles. The van der Waals surface area contributed by atoms with Crippen molar-refractivity contribution in [1.29, 1.82) is 0 Å². The van der Waals surface area contributed by atoms with Gasteiger partial charge in [-0.25, -0.2) is 4.39 Å². The normalized spacial score (nSPS) is 16.7. The topological polar surface area (TPSA) is 23.5 Å². The van der Waals surface area contributed by atoms with Crippen LogP contribution in [-0.4, -0.2) is 18.2 Å². The molecule has 3 heteroatoms. The van der Waals surface area contributed by atoms with Gasteiger partial charge in [-0.15, -0.1) is 0 Å². The molecular formula is C15H22FNO. The number of aliphatic hydroxyl groups is 1. The van der Waals surface area contributed by atoms with E-state index in [1.165, 1.54) is 18.9 Å². The van der Waals surface area contributed by atoms with Crippen LogP contribution in [0.25, 0.3) is 0 Å². The van der Waals surface area contributed by atoms with Crippen LogP contribution < -0.4 is 4.90 Å². The van der Waals surface area contributed by atoms with Gasteiger partial charge in [0.05, 0.1) is 11.8 Å². The van der Waals surface area contributed by atoms with Crippen LogP contribution in [0.1, 0.15) is 44.8 Å². The van der Waals surface area contributed by atoms with E-state index in [-0.39, 0.29) is 5.82 Å². The number of rotatable bonds is 6. The summed E-state index contributed by atoms with van der Waals surface area (Å²) in [5, 5.41) is 9.46. The van der Waals surface area contributed by atoms with E-state index in [0.29, 0.717) is 11.3 Å². The van der Waals surface area contributed by atoms with E-state index >= 15 is 0 Å². The van der Waals surface area contributed by atoms with Gasteiger partial charge in [0.25, 0.3) is 0 Å². The molecular weight excluding hydrogens is 229 g/mol. The Morgan fingerprint density at radius 3 is 2.67 bits per heavy atom. The Balaban J connectivity index is 2.17. The molecule has 0 spiro atoms. The first kappa shape index (κ1) is 13.3. The largest absolute Gasteiger partial charge is 0.389 e. The van der Waals surface area contributed by atoms with Crippen molar-refractivity contribution in [1.82, 2.24) is 0 Å². The molecule has 2 nitrogen and oxygen atoms in total. The van der Waals surface area contributed by atoms with Crippen LogP contribution in [0, 0.1) is 11.7 Å². The predicted octanol–water partition coefficient (Wildman–Crippen LogP) is 3.51. The van der Waals surface area contributed by atoms with Gasteiger partial charge in [-0.05, 0) is 49.8 Å². The first-order valence-electron chi connectivity index (χ1n) is 6.84. The zero-order valence-electron chi connectivity index (χ0n) is 11.2. The van der Waals surface area contributed by atoms with Crippen molar-refractivity contribution >= 4 is 5.69 Å². The lowest BCUT2D eigenvalue weighted by molar-refractivity contribution is 0.199. The van der Waals surface area contributed by atoms with Gasteiger partial charge in [0.15, 0.2) is 0 Å². The molecule has 0 unspecified atom stereocenters. The standard InChI is InChI=1S/C15H22FNO/c1-3-8-17(10-12-4-5-12)15-7-6-13(11(2)18)9-14(15)16/h6-7,9,11-12,18H,3-5,8,10H2,1-2H3/t11-/m0/s1. The van der Waals surface area contributed by atoms with E-state index in [0.717, 1.165) is 25.4 Å². The molecule has 1 atom stereocenters. The van der Waals surface area contributed by atoms with Gasteiger partial charge in [0, 0.05) is 13.1 Å². The summed E-state index contributed by atoms with van der Waals surface area (Å²) in [6.45, 7) is 5.62. The maximum absolute atomic E-state index is 14.1. The van der Waals surface area contributed by atoms with Gasteiger partial charge in [0.1, 0.15) is 5.82 Å². The summed E-state index contributed by atoms with van der Waals surface area (Å²) in [6.07, 6.45) is 2.95. The fourth-order valence-corrected chi connectivity index (χ4v) is 2.23. The maximum atomic E-state index is 14.1. The molecule has 0 heterocycles. The van der Waals surface area contributed by atoms with Crippen LogP contribution >= 0.6 is 0 Å². The van der Waals surface area contributed by atoms with Crippen molar-refractivity contribution < 1.29 is 9.50 Å². The Kier molecular flexibility index (Phi) is 4.23. The van der Waals surface area contributed by atoms with Crippen molar-refractivity contribution in [3.63, 3.8) is 0 Å². The molecule has 2 rings (SSSR count). The Bertz CT molecular complexity index is 401. The minimum absolute atomic E-state index is 0.220. The minimum Gasteiger partial charge on any atom is -0.389 e. The zero-order valence-corrected chi connectivity index (χ0v) is 11.2. The number of halogens is 1. The molecule has 0 saturated heterocycles. The van der Waals surface area contributed by atoms with Gasteiger partial charge in [-0.1, -0.05) is 13.0 Å². The van der Waals surface area contributed by atoms with E-state index in [9.17, 15) is 9.50 Å². The second kappa shape index (κ2) is 5.70. The average molecular weight is 251 g/mol. The van der Waals surface area contributed by atoms with Crippen LogP contribution in [-0.2, 0) is 0 Å². The highest BCUT2D eigenvalue weighted by Crippen LogP contribution is 2.32. The third kappa shape index (κ3) is 3.22. The van der Waals surface area contributed by atoms with E-state index in [4.69, 9.17) is 0 Å². The first-order valence-corrected chi connectivity index (χ1v) is 6.84. The van der Waals surface area contributed by atoms with Gasteiger partial charge < -0.3 is 10.0 Å². The van der Waals surface area contributed by atoms with Gasteiger partial charge >= 0.3 is 0 Å². The maximum Gasteiger partial charge on any atom is 0.146 e. The summed E-state index contributed by atoms with van der Waals surface area (Å²) in [5.41, 5.74) is 1.31. The van der Waals surface area contributed by atoms with E-state index < -0.39 is 6.10 Å². The molecule has 18 heavy (non-hydrogen) atoms. The molecule has 100 valence electrons. The van der Waals surface area contributed by atoms with Crippen LogP contribution in [0.3, 0.4) is 0 Å². The van der Waals surface area contributed by atoms with Crippen molar-refractivity contribution in [2.45, 2.75) is 39.2 Å². The smallest absolute Gasteiger partial charge is 0.146 e. The molecule has 1 N–H and O–H groups in total. The monoisotopic (exact) mass is 251 g/mol. The van der Waals surface area contributed by atoms with Crippen LogP contribution in [0.5, 0.6) is 0 Å². The van der Waals surface area contributed by atoms with Gasteiger partial charge in [-0.2, -0.15) is 0 Å². The molecule has 0 aliphatic heterocycles. The summed E-state index contributed by atoms with van der Waals surface area (Å²) in [4.78, 5) is 2.14. The number of nitrogens with zero attached hydrogens (tertiary/aromatic N) is 1. The number of hydrogen-bond donors (Lipinski definition) is 1. The second-order valence-corrected chi connectivity index (χ2v) is 5.28. The highest BCUT2D eigenvalue weighted by Gasteiger charge is 2.25. The lowest BCUT2D eigenvalue weighted by atomic mass is 10.1. The highest BCUT2D eigenvalue weighted by molar-refractivity contribution is 5.49. The number of benzene rings is 1. The fourth-order valence-electron chi connectivity index (χ4n) is 2.23. The van der Waals surface area contributed by atoms with E-state index in [1.54, 1.807) is 13.0 Å². The third-order valence-electron chi connectivity index (χ3n) is 3.46. The van der Waals surface area contributed by atoms with Crippen LogP contribution in [0.2, 0.25) is 0 Å². The van der Waals surface area contributed by atoms with Crippen molar-refractivity contribution in [2.24, 2.45) is 5.92 Å².